The van der Waals surface area contributed by atoms with Gasteiger partial charge in [-0.25, -0.2) is 0 Å². The molecule has 82 valence electrons. The molecule has 0 radical (unpaired) electrons. The molecular formula is C12H24OSi. The third kappa shape index (κ3) is 11.7. The standard InChI is InChI=1S/C12H24OSi/c1-2-3-4-5-6-7-8-9-10-11-12-13-14/h2-5H,6-12H2,1,14H3/b3-2+,5-4+. The lowest BCUT2D eigenvalue weighted by molar-refractivity contribution is 0.333. The molecule has 0 fully saturated rings. The normalized spacial score (nSPS) is 12.1. The molecule has 0 atom stereocenters. The second-order valence-corrected chi connectivity index (χ2v) is 4.08. The Bertz CT molecular complexity index is 152. The van der Waals surface area contributed by atoms with Crippen LogP contribution in [0.4, 0.5) is 0 Å². The van der Waals surface area contributed by atoms with Gasteiger partial charge in [-0.1, -0.05) is 43.6 Å². The first kappa shape index (κ1) is 13.7. The van der Waals surface area contributed by atoms with E-state index in [0.717, 1.165) is 17.1 Å². The average molecular weight is 212 g/mol. The van der Waals surface area contributed by atoms with E-state index in [1.807, 2.05) is 6.92 Å². The lowest BCUT2D eigenvalue weighted by Gasteiger charge is -1.99. The van der Waals surface area contributed by atoms with E-state index >= 15 is 0 Å². The number of hydrogen-bond donors (Lipinski definition) is 0. The first-order valence-electron chi connectivity index (χ1n) is 5.68. The smallest absolute Gasteiger partial charge is 0.145 e. The largest absolute Gasteiger partial charge is 0.428 e. The molecule has 0 N–H and O–H groups in total. The quantitative estimate of drug-likeness (QED) is 0.324. The Hall–Kier alpha value is -0.343. The van der Waals surface area contributed by atoms with Gasteiger partial charge < -0.3 is 4.43 Å². The van der Waals surface area contributed by atoms with Gasteiger partial charge in [0.1, 0.15) is 10.5 Å². The van der Waals surface area contributed by atoms with Crippen molar-refractivity contribution in [1.29, 1.82) is 0 Å². The molecule has 0 aromatic carbocycles. The van der Waals surface area contributed by atoms with Crippen molar-refractivity contribution in [2.75, 3.05) is 6.61 Å². The molecule has 0 unspecified atom stereocenters. The van der Waals surface area contributed by atoms with Crippen LogP contribution < -0.4 is 0 Å². The van der Waals surface area contributed by atoms with Crippen molar-refractivity contribution in [3.63, 3.8) is 0 Å². The number of rotatable bonds is 9. The van der Waals surface area contributed by atoms with Gasteiger partial charge in [0.05, 0.1) is 0 Å². The summed E-state index contributed by atoms with van der Waals surface area (Å²) in [7, 11) is 0.894. The molecule has 0 saturated carbocycles. The zero-order valence-corrected chi connectivity index (χ0v) is 11.7. The highest BCUT2D eigenvalue weighted by atomic mass is 28.2. The van der Waals surface area contributed by atoms with E-state index in [4.69, 9.17) is 4.43 Å². The predicted octanol–water partition coefficient (Wildman–Crippen LogP) is 2.76. The predicted molar refractivity (Wildman–Crippen MR) is 67.5 cm³/mol. The maximum absolute atomic E-state index is 5.13. The highest BCUT2D eigenvalue weighted by Gasteiger charge is 1.88. The van der Waals surface area contributed by atoms with Crippen LogP contribution in [0.2, 0.25) is 0 Å². The lowest BCUT2D eigenvalue weighted by Crippen LogP contribution is -1.89. The van der Waals surface area contributed by atoms with Crippen LogP contribution in [0.15, 0.2) is 24.3 Å². The first-order chi connectivity index (χ1) is 6.91. The monoisotopic (exact) mass is 212 g/mol. The van der Waals surface area contributed by atoms with Crippen molar-refractivity contribution >= 4 is 10.5 Å². The van der Waals surface area contributed by atoms with Crippen LogP contribution in [-0.2, 0) is 4.43 Å². The number of hydrogen-bond acceptors (Lipinski definition) is 1. The SMILES string of the molecule is C/C=C/C=C/CCCCCCCO[SiH3]. The topological polar surface area (TPSA) is 9.23 Å². The van der Waals surface area contributed by atoms with Crippen LogP contribution in [0.25, 0.3) is 0 Å². The molecule has 0 amide bonds. The third-order valence-electron chi connectivity index (χ3n) is 2.16. The Morgan fingerprint density at radius 2 is 1.71 bits per heavy atom. The van der Waals surface area contributed by atoms with E-state index in [1.165, 1.54) is 38.5 Å². The third-order valence-corrected chi connectivity index (χ3v) is 2.57. The van der Waals surface area contributed by atoms with Crippen LogP contribution in [0.1, 0.15) is 45.4 Å². The zero-order chi connectivity index (χ0) is 10.5. The highest BCUT2D eigenvalue weighted by molar-refractivity contribution is 5.97. The van der Waals surface area contributed by atoms with E-state index in [-0.39, 0.29) is 0 Å². The highest BCUT2D eigenvalue weighted by Crippen LogP contribution is 2.05. The number of unbranched alkanes of at least 4 members (excludes halogenated alkanes) is 5. The molecule has 0 heterocycles. The van der Waals surface area contributed by atoms with Crippen molar-refractivity contribution in [3.05, 3.63) is 24.3 Å². The zero-order valence-electron chi connectivity index (χ0n) is 9.67. The summed E-state index contributed by atoms with van der Waals surface area (Å²) >= 11 is 0. The fourth-order valence-corrected chi connectivity index (χ4v) is 1.61. The van der Waals surface area contributed by atoms with Crippen LogP contribution >= 0.6 is 0 Å². The Morgan fingerprint density at radius 1 is 1.00 bits per heavy atom. The summed E-state index contributed by atoms with van der Waals surface area (Å²) in [5.41, 5.74) is 0. The summed E-state index contributed by atoms with van der Waals surface area (Å²) in [5, 5.41) is 0. The summed E-state index contributed by atoms with van der Waals surface area (Å²) in [6.45, 7) is 3.02. The van der Waals surface area contributed by atoms with Crippen LogP contribution in [0.5, 0.6) is 0 Å². The second kappa shape index (κ2) is 12.7. The molecule has 0 aromatic rings. The number of allylic oxidation sites excluding steroid dienone is 4. The molecule has 0 rings (SSSR count). The Morgan fingerprint density at radius 3 is 2.43 bits per heavy atom. The Kier molecular flexibility index (Phi) is 12.3. The Labute approximate surface area is 91.8 Å². The molecular weight excluding hydrogens is 188 g/mol. The van der Waals surface area contributed by atoms with Gasteiger partial charge in [0.25, 0.3) is 0 Å². The van der Waals surface area contributed by atoms with Gasteiger partial charge in [-0.05, 0) is 26.2 Å². The minimum Gasteiger partial charge on any atom is -0.428 e. The van der Waals surface area contributed by atoms with Crippen molar-refractivity contribution in [2.24, 2.45) is 0 Å². The molecule has 0 spiro atoms. The molecule has 0 bridgehead atoms. The first-order valence-corrected chi connectivity index (χ1v) is 6.50. The van der Waals surface area contributed by atoms with E-state index < -0.39 is 0 Å². The van der Waals surface area contributed by atoms with Crippen LogP contribution in [0.3, 0.4) is 0 Å². The van der Waals surface area contributed by atoms with E-state index in [9.17, 15) is 0 Å². The van der Waals surface area contributed by atoms with Crippen LogP contribution in [0, 0.1) is 0 Å². The van der Waals surface area contributed by atoms with Gasteiger partial charge in [0.15, 0.2) is 0 Å². The Balaban J connectivity index is 2.98. The summed E-state index contributed by atoms with van der Waals surface area (Å²) in [6.07, 6.45) is 16.4. The van der Waals surface area contributed by atoms with Gasteiger partial charge in [-0.15, -0.1) is 0 Å². The molecule has 1 nitrogen and oxygen atoms in total. The molecule has 0 aliphatic carbocycles. The molecule has 14 heavy (non-hydrogen) atoms. The summed E-state index contributed by atoms with van der Waals surface area (Å²) in [4.78, 5) is 0. The maximum Gasteiger partial charge on any atom is 0.145 e. The fraction of sp³-hybridized carbons (Fsp3) is 0.667. The van der Waals surface area contributed by atoms with Gasteiger partial charge >= 0.3 is 0 Å². The molecule has 0 saturated heterocycles. The van der Waals surface area contributed by atoms with Crippen molar-refractivity contribution in [1.82, 2.24) is 0 Å². The summed E-state index contributed by atoms with van der Waals surface area (Å²) in [5.74, 6) is 0. The second-order valence-electron chi connectivity index (χ2n) is 3.50. The maximum atomic E-state index is 5.13. The average Bonchev–Trinajstić information content (AvgIpc) is 2.21. The minimum atomic E-state index is 0.894. The molecule has 0 aliphatic rings. The molecule has 2 heteroatoms. The fourth-order valence-electron chi connectivity index (χ4n) is 1.32. The molecule has 0 aliphatic heterocycles. The minimum absolute atomic E-state index is 0.894. The van der Waals surface area contributed by atoms with Crippen LogP contribution in [-0.4, -0.2) is 17.1 Å². The van der Waals surface area contributed by atoms with Gasteiger partial charge in [-0.3, -0.25) is 0 Å². The van der Waals surface area contributed by atoms with Crippen molar-refractivity contribution in [2.45, 2.75) is 45.4 Å². The van der Waals surface area contributed by atoms with Crippen molar-refractivity contribution < 1.29 is 4.43 Å². The molecule has 0 aromatic heterocycles. The van der Waals surface area contributed by atoms with E-state index in [1.54, 1.807) is 0 Å². The summed E-state index contributed by atoms with van der Waals surface area (Å²) < 4.78 is 5.13. The van der Waals surface area contributed by atoms with Gasteiger partial charge in [0, 0.05) is 6.61 Å². The summed E-state index contributed by atoms with van der Waals surface area (Å²) in [6, 6.07) is 0. The lowest BCUT2D eigenvalue weighted by atomic mass is 10.1. The van der Waals surface area contributed by atoms with Gasteiger partial charge in [0.2, 0.25) is 0 Å². The van der Waals surface area contributed by atoms with E-state index in [0.29, 0.717) is 0 Å². The van der Waals surface area contributed by atoms with Crippen molar-refractivity contribution in [3.8, 4) is 0 Å². The van der Waals surface area contributed by atoms with E-state index in [2.05, 4.69) is 24.3 Å². The van der Waals surface area contributed by atoms with Gasteiger partial charge in [-0.2, -0.15) is 0 Å².